The van der Waals surface area contributed by atoms with Crippen molar-refractivity contribution in [3.8, 4) is 0 Å². The van der Waals surface area contributed by atoms with Crippen LogP contribution in [0.3, 0.4) is 0 Å². The minimum Gasteiger partial charge on any atom is -0.462 e. The predicted octanol–water partition coefficient (Wildman–Crippen LogP) is 5.60. The Balaban J connectivity index is 0.000000420. The van der Waals surface area contributed by atoms with Gasteiger partial charge in [-0.1, -0.05) is 45.6 Å². The molecule has 4 rings (SSSR count). The number of anilines is 1. The quantitative estimate of drug-likeness (QED) is 0.339. The van der Waals surface area contributed by atoms with Crippen LogP contribution in [0.4, 0.5) is 5.69 Å². The summed E-state index contributed by atoms with van der Waals surface area (Å²) in [6.07, 6.45) is 11.7. The van der Waals surface area contributed by atoms with Gasteiger partial charge in [0.15, 0.2) is 17.8 Å². The van der Waals surface area contributed by atoms with E-state index in [4.69, 9.17) is 5.73 Å². The molecular formula is C29H43N3O3. The van der Waals surface area contributed by atoms with Gasteiger partial charge in [-0.25, -0.2) is 0 Å². The molecule has 2 unspecified atom stereocenters. The molecule has 6 nitrogen and oxygen atoms in total. The zero-order valence-electron chi connectivity index (χ0n) is 21.7. The molecule has 1 saturated carbocycles. The summed E-state index contributed by atoms with van der Waals surface area (Å²) in [6.45, 7) is 6.07. The first kappa shape index (κ1) is 27.2. The summed E-state index contributed by atoms with van der Waals surface area (Å²) in [5.41, 5.74) is 8.88. The smallest absolute Gasteiger partial charge is 0.185 e. The number of fused-ring (bicyclic) bond motifs is 2. The number of nitrogens with one attached hydrogen (secondary N) is 1. The highest BCUT2D eigenvalue weighted by Gasteiger charge is 2.47. The van der Waals surface area contributed by atoms with Gasteiger partial charge in [-0.15, -0.1) is 0 Å². The number of unbranched alkanes of at least 4 members (excludes halogenated alkanes) is 3. The molecule has 1 aliphatic carbocycles. The van der Waals surface area contributed by atoms with Crippen LogP contribution in [0.25, 0.3) is 0 Å². The third kappa shape index (κ3) is 6.83. The maximum Gasteiger partial charge on any atom is 0.185 e. The third-order valence-electron chi connectivity index (χ3n) is 7.58. The van der Waals surface area contributed by atoms with Crippen molar-refractivity contribution in [1.29, 1.82) is 0 Å². The van der Waals surface area contributed by atoms with Gasteiger partial charge in [0.05, 0.1) is 6.26 Å². The van der Waals surface area contributed by atoms with E-state index < -0.39 is 0 Å². The van der Waals surface area contributed by atoms with E-state index in [1.165, 1.54) is 44.8 Å². The summed E-state index contributed by atoms with van der Waals surface area (Å²) >= 11 is 0. The Kier molecular flexibility index (Phi) is 10.5. The number of furan rings is 1. The molecule has 1 aromatic carbocycles. The van der Waals surface area contributed by atoms with Crippen molar-refractivity contribution in [2.75, 3.05) is 18.5 Å². The molecule has 1 fully saturated rings. The number of hydrogen-bond acceptors (Lipinski definition) is 6. The molecule has 2 aromatic rings. The number of ketones is 1. The number of Topliss-reactive ketones (excluding diaryl/α,β-unsaturated/α-hetero) is 1. The molecule has 1 aliphatic heterocycles. The molecule has 0 amide bonds. The summed E-state index contributed by atoms with van der Waals surface area (Å²) in [7, 11) is 2.18. The zero-order chi connectivity index (χ0) is 25.2. The van der Waals surface area contributed by atoms with Crippen molar-refractivity contribution in [3.63, 3.8) is 0 Å². The Morgan fingerprint density at radius 2 is 1.94 bits per heavy atom. The molecule has 35 heavy (non-hydrogen) atoms. The molecule has 1 aromatic heterocycles. The van der Waals surface area contributed by atoms with E-state index in [2.05, 4.69) is 47.7 Å². The van der Waals surface area contributed by atoms with Gasteiger partial charge in [0.25, 0.3) is 0 Å². The lowest BCUT2D eigenvalue weighted by Crippen LogP contribution is -2.56. The molecule has 0 bridgehead atoms. The number of carbonyl (C=O) groups is 2. The van der Waals surface area contributed by atoms with Crippen LogP contribution in [-0.2, 0) is 6.54 Å². The van der Waals surface area contributed by atoms with Crippen molar-refractivity contribution in [1.82, 2.24) is 5.32 Å². The van der Waals surface area contributed by atoms with Gasteiger partial charge in [0.2, 0.25) is 0 Å². The van der Waals surface area contributed by atoms with E-state index in [0.717, 1.165) is 36.2 Å². The Labute approximate surface area is 210 Å². The van der Waals surface area contributed by atoms with Crippen LogP contribution in [0.5, 0.6) is 0 Å². The van der Waals surface area contributed by atoms with E-state index in [0.29, 0.717) is 42.4 Å². The largest absolute Gasteiger partial charge is 0.462 e. The number of nitrogens with two attached hydrogens (primary N) is 1. The first-order chi connectivity index (χ1) is 17.0. The van der Waals surface area contributed by atoms with Crippen LogP contribution in [0.1, 0.15) is 91.7 Å². The molecule has 6 heteroatoms. The fraction of sp³-hybridized carbons (Fsp3) is 0.586. The maximum atomic E-state index is 13.6. The highest BCUT2D eigenvalue weighted by Crippen LogP contribution is 2.44. The van der Waals surface area contributed by atoms with Crippen LogP contribution in [0.15, 0.2) is 41.0 Å². The normalized spacial score (nSPS) is 23.2. The van der Waals surface area contributed by atoms with Crippen LogP contribution < -0.4 is 16.0 Å². The zero-order valence-corrected chi connectivity index (χ0v) is 21.7. The second kappa shape index (κ2) is 13.6. The molecule has 2 aliphatic rings. The van der Waals surface area contributed by atoms with Crippen molar-refractivity contribution >= 4 is 17.8 Å². The molecule has 0 saturated heterocycles. The standard InChI is InChI=1S/C24H39N3O.C5H4O2/c1-4-6-8-9-18-14-19(26-12-7-5-2)15-22-23(18)24(28)20-13-17(16-25)10-11-21(20)27(22)3;6-4-5-2-1-3-7-5/h10-11,13,18-19,22-23,26H,4-9,12,14-16,25H2,1-3H3;1-4H/t18?,19?,22-,23+;/m1./s1. The minimum atomic E-state index is 0.131. The van der Waals surface area contributed by atoms with Gasteiger partial charge in [0, 0.05) is 42.8 Å². The lowest BCUT2D eigenvalue weighted by Gasteiger charge is -2.49. The van der Waals surface area contributed by atoms with Crippen LogP contribution >= 0.6 is 0 Å². The van der Waals surface area contributed by atoms with Gasteiger partial charge in [-0.3, -0.25) is 9.59 Å². The van der Waals surface area contributed by atoms with E-state index in [1.54, 1.807) is 12.1 Å². The molecule has 0 spiro atoms. The second-order valence-corrected chi connectivity index (χ2v) is 9.99. The fourth-order valence-corrected chi connectivity index (χ4v) is 5.68. The summed E-state index contributed by atoms with van der Waals surface area (Å²) in [4.78, 5) is 25.8. The summed E-state index contributed by atoms with van der Waals surface area (Å²) < 4.78 is 4.61. The Morgan fingerprint density at radius 1 is 1.14 bits per heavy atom. The SMILES string of the molecule is CCCCCC1CC(NCCCC)C[C@@H]2[C@H]1C(=O)c1cc(CN)ccc1N2C.O=Cc1ccco1. The number of hydrogen-bond donors (Lipinski definition) is 2. The average molecular weight is 482 g/mol. The first-order valence-corrected chi connectivity index (χ1v) is 13.4. The minimum absolute atomic E-state index is 0.131. The monoisotopic (exact) mass is 481 g/mol. The van der Waals surface area contributed by atoms with Gasteiger partial charge in [-0.2, -0.15) is 0 Å². The fourth-order valence-electron chi connectivity index (χ4n) is 5.68. The lowest BCUT2D eigenvalue weighted by atomic mass is 9.66. The number of aldehydes is 1. The van der Waals surface area contributed by atoms with E-state index in [-0.39, 0.29) is 5.92 Å². The number of nitrogens with zero attached hydrogens (tertiary/aromatic N) is 1. The van der Waals surface area contributed by atoms with Crippen molar-refractivity contribution in [2.24, 2.45) is 17.6 Å². The van der Waals surface area contributed by atoms with Crippen molar-refractivity contribution in [3.05, 3.63) is 53.5 Å². The van der Waals surface area contributed by atoms with E-state index >= 15 is 0 Å². The third-order valence-corrected chi connectivity index (χ3v) is 7.58. The van der Waals surface area contributed by atoms with Crippen molar-refractivity contribution < 1.29 is 14.0 Å². The number of carbonyl (C=O) groups excluding carboxylic acids is 2. The number of rotatable bonds is 10. The Morgan fingerprint density at radius 3 is 2.57 bits per heavy atom. The number of benzene rings is 1. The maximum absolute atomic E-state index is 13.6. The van der Waals surface area contributed by atoms with Gasteiger partial charge in [-0.05, 0) is 68.0 Å². The second-order valence-electron chi connectivity index (χ2n) is 9.99. The van der Waals surface area contributed by atoms with Crippen LogP contribution in [0, 0.1) is 11.8 Å². The average Bonchev–Trinajstić information content (AvgIpc) is 3.42. The van der Waals surface area contributed by atoms with E-state index in [9.17, 15) is 9.59 Å². The Hall–Kier alpha value is -2.44. The highest BCUT2D eigenvalue weighted by molar-refractivity contribution is 6.05. The van der Waals surface area contributed by atoms with Crippen molar-refractivity contribution in [2.45, 2.75) is 83.8 Å². The molecule has 2 heterocycles. The Bertz CT molecular complexity index is 927. The molecule has 0 radical (unpaired) electrons. The molecule has 192 valence electrons. The highest BCUT2D eigenvalue weighted by atomic mass is 16.3. The predicted molar refractivity (Wildman–Crippen MR) is 142 cm³/mol. The van der Waals surface area contributed by atoms with Crippen LogP contribution in [-0.4, -0.2) is 37.7 Å². The van der Waals surface area contributed by atoms with Gasteiger partial charge in [0.1, 0.15) is 0 Å². The molecule has 4 atom stereocenters. The summed E-state index contributed by atoms with van der Waals surface area (Å²) in [6, 6.07) is 10.3. The first-order valence-electron chi connectivity index (χ1n) is 13.4. The van der Waals surface area contributed by atoms with Gasteiger partial charge >= 0.3 is 0 Å². The van der Waals surface area contributed by atoms with E-state index in [1.807, 2.05) is 6.07 Å². The van der Waals surface area contributed by atoms with Gasteiger partial charge < -0.3 is 20.4 Å². The van der Waals surface area contributed by atoms with Crippen LogP contribution in [0.2, 0.25) is 0 Å². The lowest BCUT2D eigenvalue weighted by molar-refractivity contribution is 0.0723. The topological polar surface area (TPSA) is 88.6 Å². The molecular weight excluding hydrogens is 438 g/mol. The molecule has 3 N–H and O–H groups in total. The summed E-state index contributed by atoms with van der Waals surface area (Å²) in [5.74, 6) is 1.35. The summed E-state index contributed by atoms with van der Waals surface area (Å²) in [5, 5.41) is 3.80.